The number of anilines is 1. The number of nitrogens with zero attached hydrogens (tertiary/aromatic N) is 2. The van der Waals surface area contributed by atoms with Gasteiger partial charge in [0.1, 0.15) is 24.2 Å². The van der Waals surface area contributed by atoms with Crippen LogP contribution in [0.2, 0.25) is 0 Å². The summed E-state index contributed by atoms with van der Waals surface area (Å²) in [7, 11) is -7.31. The summed E-state index contributed by atoms with van der Waals surface area (Å²) in [5, 5.41) is 2.61. The zero-order chi connectivity index (χ0) is 24.9. The molecular formula is C22H28FN3O6S2. The summed E-state index contributed by atoms with van der Waals surface area (Å²) in [5.41, 5.74) is 0.173. The number of nitrogens with one attached hydrogen (secondary N) is 1. The molecule has 1 aliphatic heterocycles. The molecule has 1 N–H and O–H groups in total. The van der Waals surface area contributed by atoms with E-state index in [0.717, 1.165) is 35.5 Å². The minimum Gasteiger partial charge on any atom is -0.492 e. The number of amides is 1. The first-order valence-corrected chi connectivity index (χ1v) is 14.0. The molecule has 1 heterocycles. The van der Waals surface area contributed by atoms with Crippen molar-refractivity contribution in [2.45, 2.75) is 30.7 Å². The van der Waals surface area contributed by atoms with Gasteiger partial charge in [0.15, 0.2) is 0 Å². The minimum absolute atomic E-state index is 0.0894. The van der Waals surface area contributed by atoms with Gasteiger partial charge in [0.25, 0.3) is 0 Å². The third kappa shape index (κ3) is 6.24. The Hall–Kier alpha value is -2.70. The van der Waals surface area contributed by atoms with Crippen molar-refractivity contribution in [1.29, 1.82) is 0 Å². The highest BCUT2D eigenvalue weighted by atomic mass is 32.2. The summed E-state index contributed by atoms with van der Waals surface area (Å²) in [6.07, 6.45) is 2.68. The Balaban J connectivity index is 1.53. The predicted molar refractivity (Wildman–Crippen MR) is 126 cm³/mol. The summed E-state index contributed by atoms with van der Waals surface area (Å²) in [6, 6.07) is 9.80. The fourth-order valence-corrected chi connectivity index (χ4v) is 6.36. The van der Waals surface area contributed by atoms with Gasteiger partial charge in [-0.3, -0.25) is 9.10 Å². The summed E-state index contributed by atoms with van der Waals surface area (Å²) >= 11 is 0. The van der Waals surface area contributed by atoms with Gasteiger partial charge in [0, 0.05) is 13.1 Å². The average molecular weight is 514 g/mol. The Labute approximate surface area is 199 Å². The molecule has 1 amide bonds. The minimum atomic E-state index is -3.80. The maximum atomic E-state index is 13.2. The highest BCUT2D eigenvalue weighted by molar-refractivity contribution is 7.92. The van der Waals surface area contributed by atoms with E-state index in [-0.39, 0.29) is 23.7 Å². The lowest BCUT2D eigenvalue weighted by molar-refractivity contribution is -0.121. The van der Waals surface area contributed by atoms with Crippen LogP contribution in [-0.4, -0.2) is 65.6 Å². The zero-order valence-corrected chi connectivity index (χ0v) is 20.6. The van der Waals surface area contributed by atoms with E-state index in [1.54, 1.807) is 12.1 Å². The number of hydrogen-bond acceptors (Lipinski definition) is 6. The quantitative estimate of drug-likeness (QED) is 0.486. The molecule has 0 spiro atoms. The van der Waals surface area contributed by atoms with Crippen LogP contribution in [0.5, 0.6) is 5.75 Å². The Bertz CT molecular complexity index is 1200. The van der Waals surface area contributed by atoms with Gasteiger partial charge in [0.2, 0.25) is 26.0 Å². The molecule has 1 unspecified atom stereocenters. The number of benzene rings is 2. The number of hydrogen-bond donors (Lipinski definition) is 1. The Morgan fingerprint density at radius 3 is 2.21 bits per heavy atom. The van der Waals surface area contributed by atoms with Gasteiger partial charge < -0.3 is 10.1 Å². The first-order chi connectivity index (χ1) is 16.0. The van der Waals surface area contributed by atoms with Crippen molar-refractivity contribution in [3.63, 3.8) is 0 Å². The molecule has 1 saturated heterocycles. The lowest BCUT2D eigenvalue weighted by atomic mass is 10.2. The standard InChI is InChI=1S/C22H28FN3O6S2/c1-17(26(33(2,28)29)19-7-5-18(23)6-8-19)22(27)24-13-16-32-20-9-11-21(12-10-20)34(30,31)25-14-3-4-15-25/h5-12,17H,3-4,13-16H2,1-2H3,(H,24,27). The number of carbonyl (C=O) groups excluding carboxylic acids is 1. The third-order valence-corrected chi connectivity index (χ3v) is 8.52. The Kier molecular flexibility index (Phi) is 8.16. The summed E-state index contributed by atoms with van der Waals surface area (Å²) < 4.78 is 70.8. The molecule has 186 valence electrons. The number of rotatable bonds is 10. The normalized spacial score (nSPS) is 15.6. The monoisotopic (exact) mass is 513 g/mol. The molecule has 3 rings (SSSR count). The molecule has 1 aliphatic rings. The zero-order valence-electron chi connectivity index (χ0n) is 19.0. The van der Waals surface area contributed by atoms with E-state index in [2.05, 4.69) is 5.32 Å². The molecule has 12 heteroatoms. The molecule has 1 fully saturated rings. The SMILES string of the molecule is CC(C(=O)NCCOc1ccc(S(=O)(=O)N2CCCC2)cc1)N(c1ccc(F)cc1)S(C)(=O)=O. The Morgan fingerprint density at radius 1 is 1.06 bits per heavy atom. The molecule has 2 aromatic carbocycles. The van der Waals surface area contributed by atoms with Crippen molar-refractivity contribution in [3.8, 4) is 5.75 Å². The summed E-state index contributed by atoms with van der Waals surface area (Å²) in [6.45, 7) is 2.66. The van der Waals surface area contributed by atoms with Crippen LogP contribution in [0.25, 0.3) is 0 Å². The van der Waals surface area contributed by atoms with Crippen molar-refractivity contribution >= 4 is 31.6 Å². The van der Waals surface area contributed by atoms with Crippen molar-refractivity contribution in [3.05, 3.63) is 54.3 Å². The number of ether oxygens (including phenoxy) is 1. The van der Waals surface area contributed by atoms with Gasteiger partial charge in [-0.15, -0.1) is 0 Å². The van der Waals surface area contributed by atoms with Gasteiger partial charge in [-0.1, -0.05) is 0 Å². The maximum Gasteiger partial charge on any atom is 0.243 e. The lowest BCUT2D eigenvalue weighted by Crippen LogP contribution is -2.48. The second-order valence-electron chi connectivity index (χ2n) is 7.93. The molecule has 1 atom stereocenters. The summed E-state index contributed by atoms with van der Waals surface area (Å²) in [4.78, 5) is 12.7. The van der Waals surface area contributed by atoms with E-state index in [1.807, 2.05) is 0 Å². The van der Waals surface area contributed by atoms with Gasteiger partial charge in [-0.2, -0.15) is 4.31 Å². The topological polar surface area (TPSA) is 113 Å². The van der Waals surface area contributed by atoms with Crippen LogP contribution in [-0.2, 0) is 24.8 Å². The number of sulfonamides is 2. The highest BCUT2D eigenvalue weighted by Crippen LogP contribution is 2.23. The van der Waals surface area contributed by atoms with Crippen molar-refractivity contribution in [2.75, 3.05) is 36.8 Å². The third-order valence-electron chi connectivity index (χ3n) is 5.37. The van der Waals surface area contributed by atoms with Crippen LogP contribution in [0.15, 0.2) is 53.4 Å². The van der Waals surface area contributed by atoms with Gasteiger partial charge >= 0.3 is 0 Å². The van der Waals surface area contributed by atoms with Crippen LogP contribution in [0.1, 0.15) is 19.8 Å². The first-order valence-electron chi connectivity index (χ1n) is 10.8. The van der Waals surface area contributed by atoms with Crippen LogP contribution in [0, 0.1) is 5.82 Å². The second-order valence-corrected chi connectivity index (χ2v) is 11.7. The van der Waals surface area contributed by atoms with Crippen LogP contribution >= 0.6 is 0 Å². The molecule has 0 aromatic heterocycles. The fraction of sp³-hybridized carbons (Fsp3) is 0.409. The van der Waals surface area contributed by atoms with Gasteiger partial charge in [-0.25, -0.2) is 21.2 Å². The summed E-state index contributed by atoms with van der Waals surface area (Å²) in [5.74, 6) is -0.634. The van der Waals surface area contributed by atoms with Crippen molar-refractivity contribution in [1.82, 2.24) is 9.62 Å². The van der Waals surface area contributed by atoms with Gasteiger partial charge in [0.05, 0.1) is 23.4 Å². The molecule has 0 aliphatic carbocycles. The van der Waals surface area contributed by atoms with Crippen LogP contribution in [0.3, 0.4) is 0 Å². The van der Waals surface area contributed by atoms with Crippen molar-refractivity contribution < 1.29 is 30.8 Å². The first kappa shape index (κ1) is 25.9. The lowest BCUT2D eigenvalue weighted by Gasteiger charge is -2.28. The smallest absolute Gasteiger partial charge is 0.243 e. The Morgan fingerprint density at radius 2 is 1.65 bits per heavy atom. The maximum absolute atomic E-state index is 13.2. The molecule has 34 heavy (non-hydrogen) atoms. The second kappa shape index (κ2) is 10.7. The van der Waals surface area contributed by atoms with E-state index >= 15 is 0 Å². The van der Waals surface area contributed by atoms with E-state index in [9.17, 15) is 26.0 Å². The molecule has 2 aromatic rings. The van der Waals surface area contributed by atoms with E-state index < -0.39 is 37.8 Å². The van der Waals surface area contributed by atoms with Crippen LogP contribution < -0.4 is 14.4 Å². The van der Waals surface area contributed by atoms with E-state index in [0.29, 0.717) is 18.8 Å². The average Bonchev–Trinajstić information content (AvgIpc) is 3.33. The number of halogens is 1. The molecule has 9 nitrogen and oxygen atoms in total. The van der Waals surface area contributed by atoms with E-state index in [1.165, 1.54) is 35.5 Å². The molecule has 0 radical (unpaired) electrons. The fourth-order valence-electron chi connectivity index (χ4n) is 3.67. The largest absolute Gasteiger partial charge is 0.492 e. The predicted octanol–water partition coefficient (Wildman–Crippen LogP) is 1.96. The van der Waals surface area contributed by atoms with E-state index in [4.69, 9.17) is 4.74 Å². The van der Waals surface area contributed by atoms with Crippen LogP contribution in [0.4, 0.5) is 10.1 Å². The van der Waals surface area contributed by atoms with Gasteiger partial charge in [-0.05, 0) is 68.3 Å². The molecular weight excluding hydrogens is 485 g/mol. The number of carbonyl (C=O) groups is 1. The molecule has 0 saturated carbocycles. The highest BCUT2D eigenvalue weighted by Gasteiger charge is 2.29. The van der Waals surface area contributed by atoms with Crippen molar-refractivity contribution in [2.24, 2.45) is 0 Å². The molecule has 0 bridgehead atoms.